The number of fused-ring (bicyclic) bond motifs is 1. The van der Waals surface area contributed by atoms with Crippen molar-refractivity contribution in [1.82, 2.24) is 0 Å². The summed E-state index contributed by atoms with van der Waals surface area (Å²) in [6, 6.07) is 15.5. The van der Waals surface area contributed by atoms with Crippen LogP contribution in [0.3, 0.4) is 0 Å². The van der Waals surface area contributed by atoms with Crippen molar-refractivity contribution in [3.8, 4) is 0 Å². The van der Waals surface area contributed by atoms with Crippen LogP contribution < -0.4 is 5.32 Å². The highest BCUT2D eigenvalue weighted by atomic mass is 79.9. The van der Waals surface area contributed by atoms with Crippen LogP contribution >= 0.6 is 15.9 Å². The quantitative estimate of drug-likeness (QED) is 0.835. The molecule has 0 fully saturated rings. The maximum atomic E-state index is 3.64. The van der Waals surface area contributed by atoms with Crippen molar-refractivity contribution in [1.29, 1.82) is 0 Å². The van der Waals surface area contributed by atoms with E-state index in [9.17, 15) is 0 Å². The lowest BCUT2D eigenvalue weighted by atomic mass is 10.1. The molecule has 0 aromatic heterocycles. The number of halogens is 1. The molecule has 1 aliphatic rings. The molecule has 0 radical (unpaired) electrons. The SMILES string of the molecule is Cc1cccc(NC2CCc3c(Br)cccc32)c1. The molecular formula is C16H16BrN. The van der Waals surface area contributed by atoms with Crippen LogP contribution in [-0.4, -0.2) is 0 Å². The molecule has 2 aromatic rings. The number of anilines is 1. The van der Waals surface area contributed by atoms with E-state index in [2.05, 4.69) is 70.6 Å². The van der Waals surface area contributed by atoms with Gasteiger partial charge in [-0.2, -0.15) is 0 Å². The Balaban J connectivity index is 1.87. The van der Waals surface area contributed by atoms with Crippen molar-refractivity contribution in [2.45, 2.75) is 25.8 Å². The fourth-order valence-corrected chi connectivity index (χ4v) is 3.28. The van der Waals surface area contributed by atoms with E-state index in [0.717, 1.165) is 6.42 Å². The van der Waals surface area contributed by atoms with Crippen LogP contribution in [0.2, 0.25) is 0 Å². The Bertz CT molecular complexity index is 577. The van der Waals surface area contributed by atoms with Gasteiger partial charge in [0.25, 0.3) is 0 Å². The summed E-state index contributed by atoms with van der Waals surface area (Å²) in [5.41, 5.74) is 5.41. The van der Waals surface area contributed by atoms with Gasteiger partial charge in [-0.15, -0.1) is 0 Å². The highest BCUT2D eigenvalue weighted by Gasteiger charge is 2.23. The Hall–Kier alpha value is -1.28. The van der Waals surface area contributed by atoms with Crippen molar-refractivity contribution in [3.05, 3.63) is 63.6 Å². The monoisotopic (exact) mass is 301 g/mol. The largest absolute Gasteiger partial charge is 0.378 e. The molecule has 1 aliphatic carbocycles. The van der Waals surface area contributed by atoms with Gasteiger partial charge >= 0.3 is 0 Å². The Kier molecular flexibility index (Phi) is 3.13. The minimum absolute atomic E-state index is 0.444. The van der Waals surface area contributed by atoms with Gasteiger partial charge in [0.2, 0.25) is 0 Å². The molecule has 2 aromatic carbocycles. The van der Waals surface area contributed by atoms with Crippen molar-refractivity contribution in [3.63, 3.8) is 0 Å². The van der Waals surface area contributed by atoms with Gasteiger partial charge in [-0.25, -0.2) is 0 Å². The van der Waals surface area contributed by atoms with Crippen LogP contribution in [-0.2, 0) is 6.42 Å². The molecule has 1 N–H and O–H groups in total. The van der Waals surface area contributed by atoms with E-state index < -0.39 is 0 Å². The molecule has 1 nitrogen and oxygen atoms in total. The zero-order valence-electron chi connectivity index (χ0n) is 10.4. The summed E-state index contributed by atoms with van der Waals surface area (Å²) in [6.45, 7) is 2.13. The molecule has 1 atom stereocenters. The van der Waals surface area contributed by atoms with E-state index in [1.54, 1.807) is 0 Å². The zero-order valence-corrected chi connectivity index (χ0v) is 12.0. The Morgan fingerprint density at radius 1 is 1.17 bits per heavy atom. The van der Waals surface area contributed by atoms with Crippen molar-refractivity contribution < 1.29 is 0 Å². The van der Waals surface area contributed by atoms with Gasteiger partial charge < -0.3 is 5.32 Å². The van der Waals surface area contributed by atoms with Crippen molar-refractivity contribution in [2.75, 3.05) is 5.32 Å². The smallest absolute Gasteiger partial charge is 0.0520 e. The van der Waals surface area contributed by atoms with Crippen LogP contribution in [0.5, 0.6) is 0 Å². The van der Waals surface area contributed by atoms with Crippen LogP contribution in [0.15, 0.2) is 46.9 Å². The number of hydrogen-bond acceptors (Lipinski definition) is 1. The fraction of sp³-hybridized carbons (Fsp3) is 0.250. The van der Waals surface area contributed by atoms with Crippen LogP contribution in [0.25, 0.3) is 0 Å². The third-order valence-corrected chi connectivity index (χ3v) is 4.32. The maximum Gasteiger partial charge on any atom is 0.0520 e. The number of nitrogens with one attached hydrogen (secondary N) is 1. The van der Waals surface area contributed by atoms with Crippen LogP contribution in [0.1, 0.15) is 29.2 Å². The highest BCUT2D eigenvalue weighted by molar-refractivity contribution is 9.10. The summed E-state index contributed by atoms with van der Waals surface area (Å²) in [4.78, 5) is 0. The topological polar surface area (TPSA) is 12.0 Å². The van der Waals surface area contributed by atoms with Crippen LogP contribution in [0, 0.1) is 6.92 Å². The normalized spacial score (nSPS) is 17.6. The zero-order chi connectivity index (χ0) is 12.5. The van der Waals surface area contributed by atoms with E-state index in [0.29, 0.717) is 6.04 Å². The molecule has 0 spiro atoms. The summed E-state index contributed by atoms with van der Waals surface area (Å²) < 4.78 is 1.24. The lowest BCUT2D eigenvalue weighted by Crippen LogP contribution is -2.07. The molecular weight excluding hydrogens is 286 g/mol. The first kappa shape index (κ1) is 11.8. The first-order chi connectivity index (χ1) is 8.74. The molecule has 0 bridgehead atoms. The predicted octanol–water partition coefficient (Wildman–Crippen LogP) is 4.86. The molecule has 2 heteroatoms. The lowest BCUT2D eigenvalue weighted by Gasteiger charge is -2.16. The predicted molar refractivity (Wildman–Crippen MR) is 80.0 cm³/mol. The third-order valence-electron chi connectivity index (χ3n) is 3.57. The average molecular weight is 302 g/mol. The molecule has 1 unspecified atom stereocenters. The number of benzene rings is 2. The highest BCUT2D eigenvalue weighted by Crippen LogP contribution is 2.37. The van der Waals surface area contributed by atoms with Gasteiger partial charge in [0.15, 0.2) is 0 Å². The Morgan fingerprint density at radius 3 is 2.83 bits per heavy atom. The molecule has 0 saturated carbocycles. The lowest BCUT2D eigenvalue weighted by molar-refractivity contribution is 0.762. The Morgan fingerprint density at radius 2 is 2.00 bits per heavy atom. The molecule has 0 heterocycles. The van der Waals surface area contributed by atoms with E-state index in [4.69, 9.17) is 0 Å². The van der Waals surface area contributed by atoms with Gasteiger partial charge in [-0.05, 0) is 54.7 Å². The second-order valence-electron chi connectivity index (χ2n) is 4.91. The first-order valence-electron chi connectivity index (χ1n) is 6.34. The van der Waals surface area contributed by atoms with Gasteiger partial charge in [-0.1, -0.05) is 40.2 Å². The average Bonchev–Trinajstić information content (AvgIpc) is 2.74. The van der Waals surface area contributed by atoms with Gasteiger partial charge in [-0.3, -0.25) is 0 Å². The second kappa shape index (κ2) is 4.77. The summed E-state index contributed by atoms with van der Waals surface area (Å²) >= 11 is 3.64. The maximum absolute atomic E-state index is 3.64. The first-order valence-corrected chi connectivity index (χ1v) is 7.14. The van der Waals surface area contributed by atoms with E-state index in [1.807, 2.05) is 0 Å². The summed E-state index contributed by atoms with van der Waals surface area (Å²) in [6.07, 6.45) is 2.33. The summed E-state index contributed by atoms with van der Waals surface area (Å²) in [7, 11) is 0. The minimum Gasteiger partial charge on any atom is -0.378 e. The molecule has 0 saturated heterocycles. The number of aryl methyl sites for hydroxylation is 1. The van der Waals surface area contributed by atoms with E-state index in [1.165, 1.54) is 33.3 Å². The van der Waals surface area contributed by atoms with Crippen molar-refractivity contribution in [2.24, 2.45) is 0 Å². The summed E-state index contributed by atoms with van der Waals surface area (Å²) in [5, 5.41) is 3.64. The molecule has 0 amide bonds. The summed E-state index contributed by atoms with van der Waals surface area (Å²) in [5.74, 6) is 0. The molecule has 92 valence electrons. The molecule has 0 aliphatic heterocycles. The second-order valence-corrected chi connectivity index (χ2v) is 5.77. The van der Waals surface area contributed by atoms with E-state index in [-0.39, 0.29) is 0 Å². The van der Waals surface area contributed by atoms with Gasteiger partial charge in [0.1, 0.15) is 0 Å². The van der Waals surface area contributed by atoms with Crippen molar-refractivity contribution >= 4 is 21.6 Å². The number of rotatable bonds is 2. The standard InChI is InChI=1S/C16H16BrN/c1-11-4-2-5-12(10-11)18-16-9-8-13-14(16)6-3-7-15(13)17/h2-7,10,16,18H,8-9H2,1H3. The molecule has 18 heavy (non-hydrogen) atoms. The van der Waals surface area contributed by atoms with Crippen LogP contribution in [0.4, 0.5) is 5.69 Å². The van der Waals surface area contributed by atoms with E-state index >= 15 is 0 Å². The minimum atomic E-state index is 0.444. The van der Waals surface area contributed by atoms with Gasteiger partial charge in [0, 0.05) is 10.2 Å². The number of hydrogen-bond donors (Lipinski definition) is 1. The fourth-order valence-electron chi connectivity index (χ4n) is 2.70. The Labute approximate surface area is 116 Å². The van der Waals surface area contributed by atoms with Gasteiger partial charge in [0.05, 0.1) is 6.04 Å². The third kappa shape index (κ3) is 2.17. The molecule has 3 rings (SSSR count).